The highest BCUT2D eigenvalue weighted by molar-refractivity contribution is 7.92. The van der Waals surface area contributed by atoms with Crippen molar-refractivity contribution in [2.75, 3.05) is 11.3 Å². The molecule has 0 radical (unpaired) electrons. The van der Waals surface area contributed by atoms with E-state index in [4.69, 9.17) is 9.47 Å². The van der Waals surface area contributed by atoms with Gasteiger partial charge in [0.1, 0.15) is 35.0 Å². The first-order valence-corrected chi connectivity index (χ1v) is 9.99. The van der Waals surface area contributed by atoms with Crippen molar-refractivity contribution in [1.29, 1.82) is 5.26 Å². The van der Waals surface area contributed by atoms with Crippen LogP contribution in [0.3, 0.4) is 0 Å². The molecule has 1 heterocycles. The number of rotatable bonds is 7. The maximum Gasteiger partial charge on any atom is 0.263 e. The molecule has 3 rings (SSSR count). The molecule has 9 heteroatoms. The van der Waals surface area contributed by atoms with Crippen LogP contribution in [0.2, 0.25) is 0 Å². The van der Waals surface area contributed by atoms with Crippen LogP contribution >= 0.6 is 0 Å². The van der Waals surface area contributed by atoms with Gasteiger partial charge in [0.15, 0.2) is 0 Å². The molecule has 1 aromatic heterocycles. The van der Waals surface area contributed by atoms with Crippen molar-refractivity contribution in [3.05, 3.63) is 72.2 Å². The molecule has 0 fully saturated rings. The molecule has 7 nitrogen and oxygen atoms in total. The summed E-state index contributed by atoms with van der Waals surface area (Å²) in [5.74, 6) is 0.724. The molecule has 0 aliphatic heterocycles. The van der Waals surface area contributed by atoms with E-state index in [9.17, 15) is 18.1 Å². The third kappa shape index (κ3) is 5.00. The molecule has 3 aromatic rings. The summed E-state index contributed by atoms with van der Waals surface area (Å²) >= 11 is 0. The van der Waals surface area contributed by atoms with E-state index in [1.165, 1.54) is 24.3 Å². The molecular weight excluding hydrogens is 397 g/mol. The normalized spacial score (nSPS) is 10.8. The molecule has 0 atom stereocenters. The van der Waals surface area contributed by atoms with Crippen LogP contribution in [0.1, 0.15) is 12.5 Å². The van der Waals surface area contributed by atoms with Gasteiger partial charge in [0.25, 0.3) is 10.0 Å². The van der Waals surface area contributed by atoms with E-state index in [1.54, 1.807) is 24.3 Å². The Balaban J connectivity index is 1.82. The van der Waals surface area contributed by atoms with Gasteiger partial charge in [-0.25, -0.2) is 17.8 Å². The molecule has 0 unspecified atom stereocenters. The monoisotopic (exact) mass is 413 g/mol. The van der Waals surface area contributed by atoms with Gasteiger partial charge in [-0.05, 0) is 61.5 Å². The number of benzene rings is 2. The molecule has 0 saturated heterocycles. The highest BCUT2D eigenvalue weighted by Crippen LogP contribution is 2.29. The van der Waals surface area contributed by atoms with Crippen molar-refractivity contribution >= 4 is 15.8 Å². The van der Waals surface area contributed by atoms with Gasteiger partial charge in [0.2, 0.25) is 0 Å². The van der Waals surface area contributed by atoms with Crippen LogP contribution in [0, 0.1) is 17.1 Å². The molecule has 0 aliphatic rings. The van der Waals surface area contributed by atoms with Gasteiger partial charge in [-0.3, -0.25) is 4.72 Å². The maximum atomic E-state index is 12.9. The van der Waals surface area contributed by atoms with Crippen molar-refractivity contribution in [2.45, 2.75) is 11.8 Å². The van der Waals surface area contributed by atoms with Gasteiger partial charge in [-0.1, -0.05) is 0 Å². The summed E-state index contributed by atoms with van der Waals surface area (Å²) in [6.45, 7) is 2.41. The molecule has 0 spiro atoms. The van der Waals surface area contributed by atoms with Gasteiger partial charge in [-0.15, -0.1) is 0 Å². The number of hydrogen-bond acceptors (Lipinski definition) is 6. The topological polar surface area (TPSA) is 101 Å². The first-order chi connectivity index (χ1) is 13.9. The molecule has 148 valence electrons. The van der Waals surface area contributed by atoms with Crippen molar-refractivity contribution < 1.29 is 22.3 Å². The highest BCUT2D eigenvalue weighted by atomic mass is 32.2. The first kappa shape index (κ1) is 20.1. The number of anilines is 1. The highest BCUT2D eigenvalue weighted by Gasteiger charge is 2.18. The smallest absolute Gasteiger partial charge is 0.263 e. The number of nitrogens with one attached hydrogen (secondary N) is 1. The molecule has 2 aromatic carbocycles. The molecule has 1 N–H and O–H groups in total. The maximum absolute atomic E-state index is 12.9. The number of nitriles is 1. The minimum absolute atomic E-state index is 0.0359. The zero-order chi connectivity index (χ0) is 20.9. The third-order valence-electron chi connectivity index (χ3n) is 3.71. The minimum atomic E-state index is -4.02. The lowest BCUT2D eigenvalue weighted by atomic mass is 10.2. The van der Waals surface area contributed by atoms with Crippen LogP contribution in [-0.2, 0) is 10.0 Å². The summed E-state index contributed by atoms with van der Waals surface area (Å²) < 4.78 is 51.2. The number of nitrogens with zero attached hydrogens (tertiary/aromatic N) is 2. The average Bonchev–Trinajstić information content (AvgIpc) is 2.71. The van der Waals surface area contributed by atoms with Crippen molar-refractivity contribution in [1.82, 2.24) is 4.98 Å². The zero-order valence-corrected chi connectivity index (χ0v) is 16.1. The summed E-state index contributed by atoms with van der Waals surface area (Å²) in [6.07, 6.45) is 0.895. The predicted molar refractivity (Wildman–Crippen MR) is 104 cm³/mol. The van der Waals surface area contributed by atoms with Crippen LogP contribution < -0.4 is 14.2 Å². The van der Waals surface area contributed by atoms with Gasteiger partial charge in [0, 0.05) is 0 Å². The van der Waals surface area contributed by atoms with Gasteiger partial charge >= 0.3 is 0 Å². The number of ether oxygens (including phenoxy) is 2. The Labute approximate surface area is 167 Å². The molecule has 0 amide bonds. The summed E-state index contributed by atoms with van der Waals surface area (Å²) in [5.41, 5.74) is 0.0359. The zero-order valence-electron chi connectivity index (χ0n) is 15.3. The largest absolute Gasteiger partial charge is 0.494 e. The minimum Gasteiger partial charge on any atom is -0.494 e. The standard InChI is InChI=1S/C20H16FN3O4S/c1-2-27-16-4-6-17(7-5-16)28-19-9-8-18(11-14(19)12-22)29(25,26)24-20-10-3-15(21)13-23-20/h3-11,13H,2H2,1H3,(H,23,24). The number of aromatic nitrogens is 1. The van der Waals surface area contributed by atoms with Crippen molar-refractivity contribution in [2.24, 2.45) is 0 Å². The number of sulfonamides is 1. The quantitative estimate of drug-likeness (QED) is 0.626. The molecule has 0 saturated carbocycles. The average molecular weight is 413 g/mol. The third-order valence-corrected chi connectivity index (χ3v) is 5.06. The summed E-state index contributed by atoms with van der Waals surface area (Å²) in [5, 5.41) is 9.40. The van der Waals surface area contributed by atoms with Crippen LogP contribution in [0.25, 0.3) is 0 Å². The lowest BCUT2D eigenvalue weighted by Gasteiger charge is -2.11. The summed E-state index contributed by atoms with van der Waals surface area (Å²) in [6, 6.07) is 14.9. The molecule has 0 aliphatic carbocycles. The van der Waals surface area contributed by atoms with Crippen LogP contribution in [0.5, 0.6) is 17.2 Å². The first-order valence-electron chi connectivity index (χ1n) is 8.50. The fraction of sp³-hybridized carbons (Fsp3) is 0.100. The van der Waals surface area contributed by atoms with Crippen LogP contribution in [-0.4, -0.2) is 20.0 Å². The van der Waals surface area contributed by atoms with Gasteiger partial charge < -0.3 is 9.47 Å². The second-order valence-corrected chi connectivity index (χ2v) is 7.43. The molecule has 29 heavy (non-hydrogen) atoms. The Morgan fingerprint density at radius 3 is 2.45 bits per heavy atom. The predicted octanol–water partition coefficient (Wildman–Crippen LogP) is 4.08. The second-order valence-electron chi connectivity index (χ2n) is 5.74. The van der Waals surface area contributed by atoms with E-state index in [1.807, 2.05) is 13.0 Å². The van der Waals surface area contributed by atoms with Crippen LogP contribution in [0.15, 0.2) is 65.7 Å². The Hall–Kier alpha value is -3.64. The van der Waals surface area contributed by atoms with Crippen molar-refractivity contribution in [3.8, 4) is 23.3 Å². The number of pyridine rings is 1. The summed E-state index contributed by atoms with van der Waals surface area (Å²) in [7, 11) is -4.02. The SMILES string of the molecule is CCOc1ccc(Oc2ccc(S(=O)(=O)Nc3ccc(F)cn3)cc2C#N)cc1. The van der Waals surface area contributed by atoms with E-state index in [2.05, 4.69) is 9.71 Å². The fourth-order valence-corrected chi connectivity index (χ4v) is 3.42. The lowest BCUT2D eigenvalue weighted by Crippen LogP contribution is -2.14. The Kier molecular flexibility index (Phi) is 5.95. The van der Waals surface area contributed by atoms with Gasteiger partial charge in [-0.2, -0.15) is 5.26 Å². The number of halogens is 1. The van der Waals surface area contributed by atoms with E-state index < -0.39 is 15.8 Å². The summed E-state index contributed by atoms with van der Waals surface area (Å²) in [4.78, 5) is 3.51. The Bertz CT molecular complexity index is 1140. The number of hydrogen-bond donors (Lipinski definition) is 1. The Morgan fingerprint density at radius 1 is 1.10 bits per heavy atom. The van der Waals surface area contributed by atoms with E-state index in [-0.39, 0.29) is 22.0 Å². The Morgan fingerprint density at radius 2 is 1.83 bits per heavy atom. The molecular formula is C20H16FN3O4S. The van der Waals surface area contributed by atoms with E-state index in [0.29, 0.717) is 18.1 Å². The molecule has 0 bridgehead atoms. The lowest BCUT2D eigenvalue weighted by molar-refractivity contribution is 0.339. The van der Waals surface area contributed by atoms with E-state index in [0.717, 1.165) is 12.3 Å². The van der Waals surface area contributed by atoms with Crippen molar-refractivity contribution in [3.63, 3.8) is 0 Å². The van der Waals surface area contributed by atoms with Gasteiger partial charge in [0.05, 0.1) is 23.3 Å². The fourth-order valence-electron chi connectivity index (χ4n) is 2.38. The van der Waals surface area contributed by atoms with E-state index >= 15 is 0 Å². The second kappa shape index (κ2) is 8.58. The van der Waals surface area contributed by atoms with Crippen LogP contribution in [0.4, 0.5) is 10.2 Å².